The molecule has 0 aromatic heterocycles. The van der Waals surface area contributed by atoms with Crippen LogP contribution < -0.4 is 5.32 Å². The SMILES string of the molecule is CC[C@H]1OCC(=O)C2=C1NC1=C(C(=O)COC1)[C@H]2c1ccc(F)c(Cl)c1. The summed E-state index contributed by atoms with van der Waals surface area (Å²) >= 11 is 5.97. The maximum atomic E-state index is 13.7. The maximum absolute atomic E-state index is 13.7. The van der Waals surface area contributed by atoms with E-state index in [9.17, 15) is 14.0 Å². The third kappa shape index (κ3) is 2.69. The normalized spacial score (nSPS) is 25.8. The molecular weight excluding hydrogens is 361 g/mol. The molecule has 0 unspecified atom stereocenters. The van der Waals surface area contributed by atoms with Gasteiger partial charge in [0.25, 0.3) is 0 Å². The van der Waals surface area contributed by atoms with Crippen LogP contribution in [0.15, 0.2) is 40.7 Å². The van der Waals surface area contributed by atoms with E-state index in [0.717, 1.165) is 0 Å². The zero-order valence-electron chi connectivity index (χ0n) is 14.1. The summed E-state index contributed by atoms with van der Waals surface area (Å²) in [6.07, 6.45) is 0.403. The number of ketones is 2. The number of ether oxygens (including phenoxy) is 2. The highest BCUT2D eigenvalue weighted by atomic mass is 35.5. The molecule has 0 radical (unpaired) electrons. The fourth-order valence-corrected chi connectivity index (χ4v) is 3.98. The van der Waals surface area contributed by atoms with Crippen LogP contribution in [0.2, 0.25) is 5.02 Å². The van der Waals surface area contributed by atoms with Crippen LogP contribution in [0.3, 0.4) is 0 Å². The summed E-state index contributed by atoms with van der Waals surface area (Å²) in [5, 5.41) is 3.16. The Morgan fingerprint density at radius 2 is 1.96 bits per heavy atom. The lowest BCUT2D eigenvalue weighted by Crippen LogP contribution is -2.45. The van der Waals surface area contributed by atoms with Crippen LogP contribution in [0, 0.1) is 5.82 Å². The third-order valence-corrected chi connectivity index (χ3v) is 5.23. The molecule has 0 saturated carbocycles. The van der Waals surface area contributed by atoms with Gasteiger partial charge in [-0.25, -0.2) is 4.39 Å². The van der Waals surface area contributed by atoms with Crippen molar-refractivity contribution in [1.29, 1.82) is 0 Å². The van der Waals surface area contributed by atoms with E-state index in [1.54, 1.807) is 6.07 Å². The lowest BCUT2D eigenvalue weighted by molar-refractivity contribution is -0.124. The number of dihydropyridines is 1. The van der Waals surface area contributed by atoms with Gasteiger partial charge in [-0.1, -0.05) is 24.6 Å². The van der Waals surface area contributed by atoms with Gasteiger partial charge in [-0.15, -0.1) is 0 Å². The van der Waals surface area contributed by atoms with Crippen LogP contribution in [-0.4, -0.2) is 37.5 Å². The Balaban J connectivity index is 1.94. The van der Waals surface area contributed by atoms with Gasteiger partial charge < -0.3 is 14.8 Å². The molecule has 0 spiro atoms. The largest absolute Gasteiger partial charge is 0.367 e. The molecule has 0 amide bonds. The van der Waals surface area contributed by atoms with Gasteiger partial charge in [-0.05, 0) is 24.1 Å². The number of Topliss-reactive ketones (excluding diaryl/α,β-unsaturated/α-hetero) is 2. The molecule has 3 aliphatic rings. The fraction of sp³-hybridized carbons (Fsp3) is 0.368. The van der Waals surface area contributed by atoms with Crippen molar-refractivity contribution >= 4 is 23.2 Å². The second kappa shape index (κ2) is 6.61. The summed E-state index contributed by atoms with van der Waals surface area (Å²) in [4.78, 5) is 25.3. The quantitative estimate of drug-likeness (QED) is 0.858. The van der Waals surface area contributed by atoms with Crippen molar-refractivity contribution in [1.82, 2.24) is 5.32 Å². The van der Waals surface area contributed by atoms with Gasteiger partial charge in [0.15, 0.2) is 11.6 Å². The molecule has 3 aliphatic heterocycles. The number of carbonyl (C=O) groups excluding carboxylic acids is 2. The smallest absolute Gasteiger partial charge is 0.187 e. The summed E-state index contributed by atoms with van der Waals surface area (Å²) < 4.78 is 24.6. The van der Waals surface area contributed by atoms with Gasteiger partial charge in [0.2, 0.25) is 0 Å². The van der Waals surface area contributed by atoms with Gasteiger partial charge in [0.1, 0.15) is 19.0 Å². The molecule has 1 N–H and O–H groups in total. The van der Waals surface area contributed by atoms with Crippen LogP contribution in [0.25, 0.3) is 0 Å². The zero-order chi connectivity index (χ0) is 18.4. The Morgan fingerprint density at radius 1 is 1.19 bits per heavy atom. The number of carbonyl (C=O) groups is 2. The molecule has 2 atom stereocenters. The maximum Gasteiger partial charge on any atom is 0.187 e. The summed E-state index contributed by atoms with van der Waals surface area (Å²) in [5.41, 5.74) is 2.88. The van der Waals surface area contributed by atoms with Gasteiger partial charge in [-0.3, -0.25) is 9.59 Å². The standard InChI is InChI=1S/C19H17ClFNO4/c1-2-15-19-18(14(24)8-26-15)16(9-3-4-11(21)10(20)5-9)17-12(22-19)6-25-7-13(17)23/h3-5,15-16,22H,2,6-8H2,1H3/t15-,16-/m1/s1. The second-order valence-electron chi connectivity index (χ2n) is 6.50. The lowest BCUT2D eigenvalue weighted by atomic mass is 9.75. The van der Waals surface area contributed by atoms with Gasteiger partial charge in [0.05, 0.1) is 23.4 Å². The summed E-state index contributed by atoms with van der Waals surface area (Å²) in [6.45, 7) is 2.12. The fourth-order valence-electron chi connectivity index (χ4n) is 3.79. The average Bonchev–Trinajstić information content (AvgIpc) is 2.63. The molecule has 3 heterocycles. The number of rotatable bonds is 2. The molecule has 0 fully saturated rings. The predicted molar refractivity (Wildman–Crippen MR) is 92.2 cm³/mol. The van der Waals surface area contributed by atoms with E-state index in [1.807, 2.05) is 6.92 Å². The molecule has 0 bridgehead atoms. The highest BCUT2D eigenvalue weighted by Crippen LogP contribution is 2.43. The van der Waals surface area contributed by atoms with Crippen LogP contribution in [0.4, 0.5) is 4.39 Å². The molecule has 5 nitrogen and oxygen atoms in total. The summed E-state index contributed by atoms with van der Waals surface area (Å²) in [6, 6.07) is 4.30. The highest BCUT2D eigenvalue weighted by molar-refractivity contribution is 6.30. The van der Waals surface area contributed by atoms with Crippen molar-refractivity contribution in [2.24, 2.45) is 0 Å². The zero-order valence-corrected chi connectivity index (χ0v) is 14.9. The average molecular weight is 378 g/mol. The van der Waals surface area contributed by atoms with Crippen molar-refractivity contribution in [2.75, 3.05) is 19.8 Å². The van der Waals surface area contributed by atoms with Crippen LogP contribution >= 0.6 is 11.6 Å². The van der Waals surface area contributed by atoms with E-state index in [2.05, 4.69) is 5.32 Å². The first-order valence-electron chi connectivity index (χ1n) is 8.46. The van der Waals surface area contributed by atoms with Gasteiger partial charge >= 0.3 is 0 Å². The van der Waals surface area contributed by atoms with E-state index in [4.69, 9.17) is 21.1 Å². The number of benzene rings is 1. The predicted octanol–water partition coefficient (Wildman–Crippen LogP) is 2.65. The minimum atomic E-state index is -0.596. The Hall–Kier alpha value is -2.02. The van der Waals surface area contributed by atoms with Gasteiger partial charge in [-0.2, -0.15) is 0 Å². The van der Waals surface area contributed by atoms with Crippen molar-refractivity contribution in [3.63, 3.8) is 0 Å². The minimum Gasteiger partial charge on any atom is -0.367 e. The molecule has 1 aromatic carbocycles. The van der Waals surface area contributed by atoms with Crippen molar-refractivity contribution in [3.05, 3.63) is 57.1 Å². The number of hydrogen-bond acceptors (Lipinski definition) is 5. The van der Waals surface area contributed by atoms with Crippen molar-refractivity contribution < 1.29 is 23.5 Å². The Morgan fingerprint density at radius 3 is 2.69 bits per heavy atom. The van der Waals surface area contributed by atoms with E-state index in [0.29, 0.717) is 34.5 Å². The van der Waals surface area contributed by atoms with Crippen LogP contribution in [-0.2, 0) is 19.1 Å². The first kappa shape index (κ1) is 17.4. The molecule has 4 rings (SSSR count). The Labute approximate surface area is 154 Å². The van der Waals surface area contributed by atoms with Crippen molar-refractivity contribution in [3.8, 4) is 0 Å². The topological polar surface area (TPSA) is 64.6 Å². The molecule has 136 valence electrons. The third-order valence-electron chi connectivity index (χ3n) is 4.94. The first-order valence-corrected chi connectivity index (χ1v) is 8.83. The molecule has 1 aromatic rings. The Kier molecular flexibility index (Phi) is 4.42. The van der Waals surface area contributed by atoms with E-state index in [1.165, 1.54) is 12.1 Å². The van der Waals surface area contributed by atoms with Crippen molar-refractivity contribution in [2.45, 2.75) is 25.4 Å². The molecule has 7 heteroatoms. The Bertz CT molecular complexity index is 876. The van der Waals surface area contributed by atoms with Crippen LogP contribution in [0.5, 0.6) is 0 Å². The first-order chi connectivity index (χ1) is 12.5. The lowest BCUT2D eigenvalue weighted by Gasteiger charge is -2.39. The number of halogens is 2. The molecule has 26 heavy (non-hydrogen) atoms. The van der Waals surface area contributed by atoms with E-state index < -0.39 is 11.7 Å². The van der Waals surface area contributed by atoms with E-state index in [-0.39, 0.29) is 42.5 Å². The van der Waals surface area contributed by atoms with E-state index >= 15 is 0 Å². The van der Waals surface area contributed by atoms with Gasteiger partial charge in [0, 0.05) is 22.8 Å². The number of nitrogens with one attached hydrogen (secondary N) is 1. The molecular formula is C19H17ClFNO4. The molecule has 0 saturated heterocycles. The second-order valence-corrected chi connectivity index (χ2v) is 6.91. The monoisotopic (exact) mass is 377 g/mol. The summed E-state index contributed by atoms with van der Waals surface area (Å²) in [7, 11) is 0. The molecule has 0 aliphatic carbocycles. The number of hydrogen-bond donors (Lipinski definition) is 1. The van der Waals surface area contributed by atoms with Crippen LogP contribution in [0.1, 0.15) is 24.8 Å². The summed E-state index contributed by atoms with van der Waals surface area (Å²) in [5.74, 6) is -1.52. The minimum absolute atomic E-state index is 0.0439. The highest BCUT2D eigenvalue weighted by Gasteiger charge is 2.43.